The lowest BCUT2D eigenvalue weighted by Gasteiger charge is -2.10. The van der Waals surface area contributed by atoms with Gasteiger partial charge in [0, 0.05) is 17.8 Å². The molecule has 0 aliphatic rings. The molecule has 0 bridgehead atoms. The van der Waals surface area contributed by atoms with Gasteiger partial charge < -0.3 is 16.4 Å². The number of aryl methyl sites for hydroxylation is 1. The van der Waals surface area contributed by atoms with Crippen molar-refractivity contribution in [2.45, 2.75) is 26.7 Å². The highest BCUT2D eigenvalue weighted by Gasteiger charge is 2.04. The summed E-state index contributed by atoms with van der Waals surface area (Å²) in [6.07, 6.45) is 2.04. The van der Waals surface area contributed by atoms with Gasteiger partial charge >= 0.3 is 6.03 Å². The van der Waals surface area contributed by atoms with E-state index >= 15 is 0 Å². The van der Waals surface area contributed by atoms with E-state index in [4.69, 9.17) is 5.73 Å². The third kappa shape index (κ3) is 5.45. The Balaban J connectivity index is 2.68. The van der Waals surface area contributed by atoms with E-state index in [2.05, 4.69) is 29.4 Å². The van der Waals surface area contributed by atoms with Gasteiger partial charge in [0.1, 0.15) is 0 Å². The van der Waals surface area contributed by atoms with Crippen LogP contribution in [0.15, 0.2) is 18.2 Å². The first-order valence-electron chi connectivity index (χ1n) is 6.51. The smallest absolute Gasteiger partial charge is 0.319 e. The molecule has 4 heteroatoms. The number of carbonyl (C=O) groups is 1. The van der Waals surface area contributed by atoms with Crippen molar-refractivity contribution in [3.8, 4) is 11.8 Å². The fourth-order valence-electron chi connectivity index (χ4n) is 1.53. The number of anilines is 1. The van der Waals surface area contributed by atoms with Crippen LogP contribution in [0.4, 0.5) is 10.5 Å². The molecule has 19 heavy (non-hydrogen) atoms. The minimum Gasteiger partial charge on any atom is -0.338 e. The second-order valence-corrected chi connectivity index (χ2v) is 4.27. The average molecular weight is 259 g/mol. The van der Waals surface area contributed by atoms with Gasteiger partial charge in [-0.2, -0.15) is 0 Å². The van der Waals surface area contributed by atoms with E-state index in [1.807, 2.05) is 25.1 Å². The Bertz CT molecular complexity index is 486. The Morgan fingerprint density at radius 3 is 2.89 bits per heavy atom. The Hall–Kier alpha value is -1.99. The number of urea groups is 1. The van der Waals surface area contributed by atoms with Crippen molar-refractivity contribution >= 4 is 11.7 Å². The Kier molecular flexibility index (Phi) is 6.48. The van der Waals surface area contributed by atoms with E-state index in [9.17, 15) is 4.79 Å². The van der Waals surface area contributed by atoms with Gasteiger partial charge in [0.05, 0.1) is 6.54 Å². The Morgan fingerprint density at radius 2 is 2.21 bits per heavy atom. The van der Waals surface area contributed by atoms with E-state index in [1.54, 1.807) is 0 Å². The topological polar surface area (TPSA) is 67.2 Å². The minimum atomic E-state index is -0.180. The Labute approximate surface area is 114 Å². The van der Waals surface area contributed by atoms with Crippen molar-refractivity contribution < 1.29 is 4.79 Å². The molecule has 1 rings (SSSR count). The maximum absolute atomic E-state index is 11.7. The fraction of sp³-hybridized carbons (Fsp3) is 0.400. The third-order valence-corrected chi connectivity index (χ3v) is 2.64. The molecule has 0 aliphatic heterocycles. The zero-order valence-electron chi connectivity index (χ0n) is 11.5. The predicted octanol–water partition coefficient (Wildman–Crippen LogP) is 2.23. The summed E-state index contributed by atoms with van der Waals surface area (Å²) >= 11 is 0. The molecule has 102 valence electrons. The first-order chi connectivity index (χ1) is 9.17. The van der Waals surface area contributed by atoms with Gasteiger partial charge in [0.25, 0.3) is 0 Å². The fourth-order valence-corrected chi connectivity index (χ4v) is 1.53. The van der Waals surface area contributed by atoms with E-state index < -0.39 is 0 Å². The van der Waals surface area contributed by atoms with Gasteiger partial charge in [-0.05, 0) is 31.0 Å². The quantitative estimate of drug-likeness (QED) is 0.573. The summed E-state index contributed by atoms with van der Waals surface area (Å²) in [7, 11) is 0. The zero-order valence-corrected chi connectivity index (χ0v) is 11.5. The second kappa shape index (κ2) is 8.17. The van der Waals surface area contributed by atoms with Gasteiger partial charge in [-0.15, -0.1) is 0 Å². The van der Waals surface area contributed by atoms with Gasteiger partial charge in [-0.3, -0.25) is 0 Å². The van der Waals surface area contributed by atoms with Gasteiger partial charge in [0.2, 0.25) is 0 Å². The molecule has 0 fully saturated rings. The summed E-state index contributed by atoms with van der Waals surface area (Å²) in [4.78, 5) is 11.7. The summed E-state index contributed by atoms with van der Waals surface area (Å²) in [5.74, 6) is 5.75. The molecule has 0 unspecified atom stereocenters. The minimum absolute atomic E-state index is 0.180. The van der Waals surface area contributed by atoms with E-state index in [0.717, 1.165) is 29.7 Å². The molecule has 0 saturated heterocycles. The van der Waals surface area contributed by atoms with Crippen LogP contribution in [0.3, 0.4) is 0 Å². The van der Waals surface area contributed by atoms with Crippen molar-refractivity contribution in [2.75, 3.05) is 18.4 Å². The van der Waals surface area contributed by atoms with Crippen LogP contribution in [-0.2, 0) is 0 Å². The molecule has 2 amide bonds. The lowest BCUT2D eigenvalue weighted by molar-refractivity contribution is 0.252. The van der Waals surface area contributed by atoms with Crippen molar-refractivity contribution in [1.82, 2.24) is 5.32 Å². The second-order valence-electron chi connectivity index (χ2n) is 4.27. The van der Waals surface area contributed by atoms with Crippen LogP contribution in [0.2, 0.25) is 0 Å². The highest BCUT2D eigenvalue weighted by molar-refractivity contribution is 5.90. The first-order valence-corrected chi connectivity index (χ1v) is 6.51. The molecule has 0 aliphatic carbocycles. The molecule has 0 heterocycles. The molecule has 0 saturated carbocycles. The molecule has 4 nitrogen and oxygen atoms in total. The first kappa shape index (κ1) is 15.1. The standard InChI is InChI=1S/C15H21N3O/c1-3-4-10-17-15(19)18-14-11-13(6-5-9-16)8-7-12(14)2/h7-8,11H,3-4,9-10,16H2,1-2H3,(H2,17,18,19). The summed E-state index contributed by atoms with van der Waals surface area (Å²) in [6, 6.07) is 5.53. The van der Waals surface area contributed by atoms with E-state index in [0.29, 0.717) is 13.1 Å². The molecule has 4 N–H and O–H groups in total. The van der Waals surface area contributed by atoms with E-state index in [1.165, 1.54) is 0 Å². The highest BCUT2D eigenvalue weighted by atomic mass is 16.2. The number of nitrogens with two attached hydrogens (primary N) is 1. The van der Waals surface area contributed by atoms with Crippen LogP contribution in [0, 0.1) is 18.8 Å². The van der Waals surface area contributed by atoms with Crippen molar-refractivity contribution in [3.05, 3.63) is 29.3 Å². The largest absolute Gasteiger partial charge is 0.338 e. The molecule has 0 spiro atoms. The highest BCUT2D eigenvalue weighted by Crippen LogP contribution is 2.16. The van der Waals surface area contributed by atoms with Gasteiger partial charge in [0.15, 0.2) is 0 Å². The number of rotatable bonds is 4. The number of hydrogen-bond acceptors (Lipinski definition) is 2. The van der Waals surface area contributed by atoms with Crippen LogP contribution >= 0.6 is 0 Å². The number of hydrogen-bond donors (Lipinski definition) is 3. The van der Waals surface area contributed by atoms with Crippen LogP contribution in [0.25, 0.3) is 0 Å². The maximum Gasteiger partial charge on any atom is 0.319 e. The number of carbonyl (C=O) groups excluding carboxylic acids is 1. The number of benzene rings is 1. The SMILES string of the molecule is CCCCNC(=O)Nc1cc(C#CCN)ccc1C. The molecule has 1 aromatic carbocycles. The molecular weight excluding hydrogens is 238 g/mol. The molecule has 0 aromatic heterocycles. The zero-order chi connectivity index (χ0) is 14.1. The summed E-state index contributed by atoms with van der Waals surface area (Å²) in [5, 5.41) is 5.65. The van der Waals surface area contributed by atoms with Crippen LogP contribution in [0.5, 0.6) is 0 Å². The molecule has 0 atom stereocenters. The van der Waals surface area contributed by atoms with Crippen LogP contribution in [-0.4, -0.2) is 19.1 Å². The molecular formula is C15H21N3O. The van der Waals surface area contributed by atoms with E-state index in [-0.39, 0.29) is 6.03 Å². The number of nitrogens with one attached hydrogen (secondary N) is 2. The summed E-state index contributed by atoms with van der Waals surface area (Å²) in [5.41, 5.74) is 7.97. The van der Waals surface area contributed by atoms with Crippen LogP contribution < -0.4 is 16.4 Å². The lowest BCUT2D eigenvalue weighted by Crippen LogP contribution is -2.29. The summed E-state index contributed by atoms with van der Waals surface area (Å²) < 4.78 is 0. The summed E-state index contributed by atoms with van der Waals surface area (Å²) in [6.45, 7) is 5.05. The normalized spacial score (nSPS) is 9.42. The van der Waals surface area contributed by atoms with Gasteiger partial charge in [-0.25, -0.2) is 4.79 Å². The van der Waals surface area contributed by atoms with Gasteiger partial charge in [-0.1, -0.05) is 31.3 Å². The van der Waals surface area contributed by atoms with Crippen molar-refractivity contribution in [1.29, 1.82) is 0 Å². The average Bonchev–Trinajstić information content (AvgIpc) is 2.40. The number of amides is 2. The molecule has 0 radical (unpaired) electrons. The van der Waals surface area contributed by atoms with Crippen molar-refractivity contribution in [2.24, 2.45) is 5.73 Å². The Morgan fingerprint density at radius 1 is 1.42 bits per heavy atom. The van der Waals surface area contributed by atoms with Crippen LogP contribution in [0.1, 0.15) is 30.9 Å². The maximum atomic E-state index is 11.7. The number of unbranched alkanes of at least 4 members (excludes halogenated alkanes) is 1. The third-order valence-electron chi connectivity index (χ3n) is 2.64. The lowest BCUT2D eigenvalue weighted by atomic mass is 10.1. The monoisotopic (exact) mass is 259 g/mol. The molecule has 1 aromatic rings. The van der Waals surface area contributed by atoms with Crippen molar-refractivity contribution in [3.63, 3.8) is 0 Å². The predicted molar refractivity (Wildman–Crippen MR) is 79.0 cm³/mol.